The molecule has 0 fully saturated rings. The third-order valence-electron chi connectivity index (χ3n) is 9.88. The van der Waals surface area contributed by atoms with Gasteiger partial charge in [0.25, 0.3) is 0 Å². The largest absolute Gasteiger partial charge is 0.456 e. The van der Waals surface area contributed by atoms with Crippen LogP contribution in [-0.4, -0.2) is 4.98 Å². The zero-order valence-electron chi connectivity index (χ0n) is 26.6. The van der Waals surface area contributed by atoms with Crippen molar-refractivity contribution in [2.75, 3.05) is 4.90 Å². The molecule has 49 heavy (non-hydrogen) atoms. The Hall–Kier alpha value is -5.97. The molecule has 0 radical (unpaired) electrons. The van der Waals surface area contributed by atoms with Gasteiger partial charge < -0.3 is 9.32 Å². The minimum atomic E-state index is 0.883. The first-order valence-corrected chi connectivity index (χ1v) is 17.5. The predicted octanol–water partition coefficient (Wildman–Crippen LogP) is 13.0. The molecule has 3 aromatic heterocycles. The second-order valence-corrected chi connectivity index (χ2v) is 13.8. The van der Waals surface area contributed by atoms with Gasteiger partial charge in [-0.3, -0.25) is 4.98 Å². The van der Waals surface area contributed by atoms with E-state index in [-0.39, 0.29) is 0 Å². The Morgan fingerprint density at radius 1 is 0.551 bits per heavy atom. The highest BCUT2D eigenvalue weighted by molar-refractivity contribution is 7.25. The number of allylic oxidation sites excluding steroid dienone is 1. The van der Waals surface area contributed by atoms with Crippen molar-refractivity contribution in [2.24, 2.45) is 0 Å². The molecule has 0 aliphatic heterocycles. The maximum Gasteiger partial charge on any atom is 0.138 e. The third kappa shape index (κ3) is 4.75. The summed E-state index contributed by atoms with van der Waals surface area (Å²) in [6.07, 6.45) is 8.09. The van der Waals surface area contributed by atoms with E-state index in [1.165, 1.54) is 53.6 Å². The van der Waals surface area contributed by atoms with Crippen molar-refractivity contribution in [1.82, 2.24) is 4.98 Å². The number of rotatable bonds is 5. The van der Waals surface area contributed by atoms with Gasteiger partial charge in [-0.05, 0) is 107 Å². The SMILES string of the molecule is C1=C(c2ccc(N(c3cccc(-c4ccccc4)c3)c3ccc4sc5ccccc5c4c3)cc2)CCc2ccc3oc4ccncc4c3c21. The van der Waals surface area contributed by atoms with E-state index in [0.29, 0.717) is 0 Å². The second-order valence-electron chi connectivity index (χ2n) is 12.7. The fourth-order valence-corrected chi connectivity index (χ4v) is 8.58. The van der Waals surface area contributed by atoms with Crippen LogP contribution >= 0.6 is 11.3 Å². The molecule has 0 spiro atoms. The summed E-state index contributed by atoms with van der Waals surface area (Å²) >= 11 is 1.85. The minimum Gasteiger partial charge on any atom is -0.456 e. The summed E-state index contributed by atoms with van der Waals surface area (Å²) in [5.41, 5.74) is 12.8. The second kappa shape index (κ2) is 11.3. The standard InChI is InChI=1S/C45H30N2OS/c1-2-7-29(8-3-1)32-9-6-10-35(25-32)47(36-20-22-44-39(27-36)37-11-4-5-12-43(37)49-44)34-18-15-30(16-19-34)33-14-13-31-17-21-42-45(38(31)26-33)40-28-46-24-23-41(40)48-42/h1-12,15-28H,13-14H2. The van der Waals surface area contributed by atoms with E-state index in [2.05, 4.69) is 149 Å². The Balaban J connectivity index is 1.09. The quantitative estimate of drug-likeness (QED) is 0.186. The molecule has 0 bridgehead atoms. The zero-order chi connectivity index (χ0) is 32.3. The van der Waals surface area contributed by atoms with Crippen molar-refractivity contribution in [3.63, 3.8) is 0 Å². The summed E-state index contributed by atoms with van der Waals surface area (Å²) in [5.74, 6) is 0. The van der Waals surface area contributed by atoms with Crippen molar-refractivity contribution < 1.29 is 4.42 Å². The molecule has 0 unspecified atom stereocenters. The van der Waals surface area contributed by atoms with Crippen LogP contribution in [0.2, 0.25) is 0 Å². The van der Waals surface area contributed by atoms with Crippen molar-refractivity contribution >= 4 is 82.2 Å². The van der Waals surface area contributed by atoms with E-state index >= 15 is 0 Å². The molecule has 232 valence electrons. The summed E-state index contributed by atoms with van der Waals surface area (Å²) in [7, 11) is 0. The molecule has 0 saturated heterocycles. The van der Waals surface area contributed by atoms with Crippen molar-refractivity contribution in [1.29, 1.82) is 0 Å². The number of hydrogen-bond donors (Lipinski definition) is 0. The number of aromatic nitrogens is 1. The van der Waals surface area contributed by atoms with Crippen molar-refractivity contribution in [3.05, 3.63) is 169 Å². The molecule has 10 rings (SSSR count). The van der Waals surface area contributed by atoms with Crippen LogP contribution in [0.3, 0.4) is 0 Å². The van der Waals surface area contributed by atoms with E-state index in [4.69, 9.17) is 4.42 Å². The molecule has 4 heteroatoms. The van der Waals surface area contributed by atoms with Gasteiger partial charge in [-0.2, -0.15) is 0 Å². The smallest absolute Gasteiger partial charge is 0.138 e. The van der Waals surface area contributed by atoms with Gasteiger partial charge in [0.1, 0.15) is 11.2 Å². The van der Waals surface area contributed by atoms with Crippen LogP contribution in [-0.2, 0) is 6.42 Å². The fourth-order valence-electron chi connectivity index (χ4n) is 7.49. The lowest BCUT2D eigenvalue weighted by molar-refractivity contribution is 0.668. The van der Waals surface area contributed by atoms with Crippen LogP contribution < -0.4 is 4.90 Å². The average molecular weight is 647 g/mol. The van der Waals surface area contributed by atoms with Gasteiger partial charge in [0.15, 0.2) is 0 Å². The molecular weight excluding hydrogens is 617 g/mol. The van der Waals surface area contributed by atoms with Crippen LogP contribution in [0.15, 0.2) is 156 Å². The van der Waals surface area contributed by atoms with Gasteiger partial charge in [0.05, 0.1) is 0 Å². The number of anilines is 3. The van der Waals surface area contributed by atoms with Gasteiger partial charge >= 0.3 is 0 Å². The van der Waals surface area contributed by atoms with Crippen LogP contribution in [0.1, 0.15) is 23.1 Å². The Morgan fingerprint density at radius 3 is 2.27 bits per heavy atom. The lowest BCUT2D eigenvalue weighted by Gasteiger charge is -2.27. The number of thiophene rings is 1. The summed E-state index contributed by atoms with van der Waals surface area (Å²) in [6.45, 7) is 0. The Kier molecular flexibility index (Phi) is 6.49. The first kappa shape index (κ1) is 28.1. The number of furan rings is 1. The minimum absolute atomic E-state index is 0.883. The van der Waals surface area contributed by atoms with Gasteiger partial charge in [0.2, 0.25) is 0 Å². The van der Waals surface area contributed by atoms with E-state index in [1.807, 2.05) is 23.6 Å². The summed E-state index contributed by atoms with van der Waals surface area (Å²) < 4.78 is 8.81. The Morgan fingerprint density at radius 2 is 1.35 bits per heavy atom. The molecule has 1 aliphatic carbocycles. The van der Waals surface area contributed by atoms with Gasteiger partial charge in [-0.25, -0.2) is 0 Å². The van der Waals surface area contributed by atoms with Crippen LogP contribution in [0.25, 0.3) is 64.9 Å². The lowest BCUT2D eigenvalue weighted by atomic mass is 9.86. The van der Waals surface area contributed by atoms with E-state index < -0.39 is 0 Å². The molecule has 0 saturated carbocycles. The van der Waals surface area contributed by atoms with Gasteiger partial charge in [-0.1, -0.05) is 84.9 Å². The first-order chi connectivity index (χ1) is 24.3. The van der Waals surface area contributed by atoms with Crippen LogP contribution in [0.4, 0.5) is 17.1 Å². The number of nitrogens with zero attached hydrogens (tertiary/aromatic N) is 2. The molecule has 6 aromatic carbocycles. The van der Waals surface area contributed by atoms with Crippen LogP contribution in [0, 0.1) is 0 Å². The van der Waals surface area contributed by atoms with E-state index in [1.54, 1.807) is 6.20 Å². The topological polar surface area (TPSA) is 29.3 Å². The summed E-state index contributed by atoms with van der Waals surface area (Å²) in [5, 5.41) is 4.83. The molecule has 3 nitrogen and oxygen atoms in total. The predicted molar refractivity (Wildman–Crippen MR) is 207 cm³/mol. The highest BCUT2D eigenvalue weighted by atomic mass is 32.1. The molecule has 9 aromatic rings. The summed E-state index contributed by atoms with van der Waals surface area (Å²) in [4.78, 5) is 6.79. The average Bonchev–Trinajstić information content (AvgIpc) is 3.74. The molecular formula is C45H30N2OS. The number of hydrogen-bond acceptors (Lipinski definition) is 4. The highest BCUT2D eigenvalue weighted by Gasteiger charge is 2.20. The number of aryl methyl sites for hydroxylation is 1. The fraction of sp³-hybridized carbons (Fsp3) is 0.0444. The summed E-state index contributed by atoms with van der Waals surface area (Å²) in [6, 6.07) is 50.5. The lowest BCUT2D eigenvalue weighted by Crippen LogP contribution is -2.10. The van der Waals surface area contributed by atoms with Crippen molar-refractivity contribution in [3.8, 4) is 11.1 Å². The van der Waals surface area contributed by atoms with Gasteiger partial charge in [-0.15, -0.1) is 11.3 Å². The highest BCUT2D eigenvalue weighted by Crippen LogP contribution is 2.43. The maximum absolute atomic E-state index is 6.19. The molecule has 0 N–H and O–H groups in total. The first-order valence-electron chi connectivity index (χ1n) is 16.7. The van der Waals surface area contributed by atoms with Crippen LogP contribution in [0.5, 0.6) is 0 Å². The van der Waals surface area contributed by atoms with E-state index in [9.17, 15) is 0 Å². The molecule has 0 amide bonds. The van der Waals surface area contributed by atoms with Gasteiger partial charge in [0, 0.05) is 60.4 Å². The van der Waals surface area contributed by atoms with Crippen molar-refractivity contribution in [2.45, 2.75) is 12.8 Å². The molecule has 3 heterocycles. The molecule has 0 atom stereocenters. The molecule has 1 aliphatic rings. The number of pyridine rings is 1. The maximum atomic E-state index is 6.19. The Bertz CT molecular complexity index is 2720. The number of fused-ring (bicyclic) bond motifs is 8. The monoisotopic (exact) mass is 646 g/mol. The third-order valence-corrected chi connectivity index (χ3v) is 11.0. The van der Waals surface area contributed by atoms with E-state index in [0.717, 1.165) is 51.8 Å². The Labute approximate surface area is 288 Å². The zero-order valence-corrected chi connectivity index (χ0v) is 27.5. The number of benzene rings is 6. The normalized spacial score (nSPS) is 12.9.